The minimum atomic E-state index is 0.561. The Hall–Kier alpha value is -6.82. The molecular formula is C49H31N3OS. The van der Waals surface area contributed by atoms with Gasteiger partial charge in [-0.25, -0.2) is 4.98 Å². The lowest BCUT2D eigenvalue weighted by atomic mass is 9.95. The molecule has 0 saturated heterocycles. The van der Waals surface area contributed by atoms with Crippen LogP contribution < -0.4 is 0 Å². The van der Waals surface area contributed by atoms with Gasteiger partial charge in [0.2, 0.25) is 5.71 Å². The Morgan fingerprint density at radius 1 is 0.630 bits per heavy atom. The van der Waals surface area contributed by atoms with Crippen molar-refractivity contribution in [2.24, 2.45) is 0 Å². The quantitative estimate of drug-likeness (QED) is 0.179. The van der Waals surface area contributed by atoms with Gasteiger partial charge in [-0.1, -0.05) is 128 Å². The van der Waals surface area contributed by atoms with Crippen LogP contribution in [0.15, 0.2) is 157 Å². The third-order valence-electron chi connectivity index (χ3n) is 10.7. The van der Waals surface area contributed by atoms with Crippen molar-refractivity contribution in [2.45, 2.75) is 6.92 Å². The molecule has 5 heteroatoms. The van der Waals surface area contributed by atoms with Gasteiger partial charge in [-0.05, 0) is 76.2 Å². The van der Waals surface area contributed by atoms with Crippen LogP contribution in [0.4, 0.5) is 0 Å². The van der Waals surface area contributed by atoms with Crippen LogP contribution in [-0.4, -0.2) is 14.5 Å². The van der Waals surface area contributed by atoms with Gasteiger partial charge in [-0.2, -0.15) is 4.98 Å². The first-order valence-corrected chi connectivity index (χ1v) is 19.0. The number of rotatable bonds is 5. The minimum absolute atomic E-state index is 0.561. The molecule has 54 heavy (non-hydrogen) atoms. The summed E-state index contributed by atoms with van der Waals surface area (Å²) in [7, 11) is 0. The highest BCUT2D eigenvalue weighted by Gasteiger charge is 2.24. The number of para-hydroxylation sites is 2. The molecule has 4 aromatic heterocycles. The summed E-state index contributed by atoms with van der Waals surface area (Å²) in [5, 5.41) is 10.1. The van der Waals surface area contributed by atoms with E-state index in [1.165, 1.54) is 53.2 Å². The summed E-state index contributed by atoms with van der Waals surface area (Å²) in [6.07, 6.45) is 6.26. The van der Waals surface area contributed by atoms with Gasteiger partial charge in [0, 0.05) is 42.1 Å². The summed E-state index contributed by atoms with van der Waals surface area (Å²) in [5.74, 6) is 1.41. The summed E-state index contributed by atoms with van der Waals surface area (Å²) in [6, 6.07) is 49.4. The Morgan fingerprint density at radius 2 is 1.35 bits per heavy atom. The van der Waals surface area contributed by atoms with Crippen molar-refractivity contribution in [3.63, 3.8) is 0 Å². The van der Waals surface area contributed by atoms with Crippen LogP contribution in [0.1, 0.15) is 17.4 Å². The second-order valence-electron chi connectivity index (χ2n) is 13.7. The molecule has 4 nitrogen and oxygen atoms in total. The smallest absolute Gasteiger partial charge is 0.233 e. The summed E-state index contributed by atoms with van der Waals surface area (Å²) >= 11 is 1.82. The number of fused-ring (bicyclic) bond motifs is 10. The van der Waals surface area contributed by atoms with Crippen LogP contribution in [0.25, 0.3) is 116 Å². The fourth-order valence-electron chi connectivity index (χ4n) is 8.34. The molecule has 0 unspecified atom stereocenters. The zero-order valence-electron chi connectivity index (χ0n) is 29.4. The Labute approximate surface area is 314 Å². The second-order valence-corrected chi connectivity index (χ2v) is 14.7. The van der Waals surface area contributed by atoms with E-state index < -0.39 is 0 Å². The predicted molar refractivity (Wildman–Crippen MR) is 230 cm³/mol. The molecule has 0 bridgehead atoms. The average Bonchev–Trinajstić information content (AvgIpc) is 3.89. The molecule has 0 aliphatic rings. The lowest BCUT2D eigenvalue weighted by molar-refractivity contribution is 0.653. The molecule has 0 N–H and O–H groups in total. The van der Waals surface area contributed by atoms with Crippen molar-refractivity contribution in [1.82, 2.24) is 14.5 Å². The van der Waals surface area contributed by atoms with E-state index in [0.717, 1.165) is 49.5 Å². The van der Waals surface area contributed by atoms with Gasteiger partial charge >= 0.3 is 0 Å². The number of benzene rings is 7. The first-order chi connectivity index (χ1) is 26.7. The van der Waals surface area contributed by atoms with E-state index >= 15 is 0 Å². The first-order valence-electron chi connectivity index (χ1n) is 18.1. The molecule has 11 aromatic rings. The molecule has 4 heterocycles. The summed E-state index contributed by atoms with van der Waals surface area (Å²) in [6.45, 7) is 6.24. The minimum Gasteiger partial charge on any atom is -0.437 e. The largest absolute Gasteiger partial charge is 0.437 e. The van der Waals surface area contributed by atoms with E-state index in [1.54, 1.807) is 0 Å². The maximum atomic E-state index is 6.58. The molecular weight excluding hydrogens is 679 g/mol. The number of thiophene rings is 1. The van der Waals surface area contributed by atoms with Crippen molar-refractivity contribution >= 4 is 99.0 Å². The summed E-state index contributed by atoms with van der Waals surface area (Å²) < 4.78 is 10.2. The van der Waals surface area contributed by atoms with Gasteiger partial charge in [0.25, 0.3) is 0 Å². The van der Waals surface area contributed by atoms with E-state index in [0.29, 0.717) is 11.5 Å². The molecule has 0 aliphatic carbocycles. The molecule has 0 spiro atoms. The van der Waals surface area contributed by atoms with Crippen LogP contribution >= 0.6 is 11.3 Å². The van der Waals surface area contributed by atoms with E-state index in [9.17, 15) is 0 Å². The highest BCUT2D eigenvalue weighted by atomic mass is 32.1. The molecule has 0 aliphatic heterocycles. The molecule has 0 radical (unpaired) electrons. The number of furan rings is 1. The highest BCUT2D eigenvalue weighted by Crippen LogP contribution is 2.44. The Kier molecular flexibility index (Phi) is 6.75. The third kappa shape index (κ3) is 4.42. The normalized spacial score (nSPS) is 12.2. The van der Waals surface area contributed by atoms with Crippen molar-refractivity contribution in [2.75, 3.05) is 0 Å². The zero-order chi connectivity index (χ0) is 35.9. The van der Waals surface area contributed by atoms with Crippen molar-refractivity contribution < 1.29 is 4.42 Å². The molecule has 7 aromatic carbocycles. The summed E-state index contributed by atoms with van der Waals surface area (Å²) in [5.41, 5.74) is 7.97. The van der Waals surface area contributed by atoms with Gasteiger partial charge in [0.1, 0.15) is 5.58 Å². The molecule has 0 amide bonds. The van der Waals surface area contributed by atoms with Crippen molar-refractivity contribution in [3.8, 4) is 28.3 Å². The number of hydrogen-bond acceptors (Lipinski definition) is 4. The fraction of sp³-hybridized carbons (Fsp3) is 0.0204. The summed E-state index contributed by atoms with van der Waals surface area (Å²) in [4.78, 5) is 12.0. The van der Waals surface area contributed by atoms with Gasteiger partial charge in [0.15, 0.2) is 11.6 Å². The average molecular weight is 710 g/mol. The van der Waals surface area contributed by atoms with Gasteiger partial charge in [-0.3, -0.25) is 4.57 Å². The number of aromatic nitrogens is 3. The lowest BCUT2D eigenvalue weighted by Gasteiger charge is -2.14. The van der Waals surface area contributed by atoms with Crippen LogP contribution in [0, 0.1) is 0 Å². The SMILES string of the molecule is C=Cc1c(/C=C\C)sc2c1ccc1cc3c4ccccc4n(-c4nc(-c5ccc(-c6ccccc6)c6ccccc56)nc5oc6ccccc6c45)c3cc12. The molecule has 0 fully saturated rings. The fourth-order valence-corrected chi connectivity index (χ4v) is 9.65. The Balaban J connectivity index is 1.26. The Morgan fingerprint density at radius 3 is 2.17 bits per heavy atom. The van der Waals surface area contributed by atoms with Crippen LogP contribution in [-0.2, 0) is 0 Å². The monoisotopic (exact) mass is 709 g/mol. The van der Waals surface area contributed by atoms with E-state index in [1.807, 2.05) is 29.5 Å². The van der Waals surface area contributed by atoms with Crippen molar-refractivity contribution in [3.05, 3.63) is 163 Å². The molecule has 11 rings (SSSR count). The predicted octanol–water partition coefficient (Wildman–Crippen LogP) is 14.0. The topological polar surface area (TPSA) is 43.9 Å². The van der Waals surface area contributed by atoms with Crippen LogP contribution in [0.2, 0.25) is 0 Å². The standard InChI is InChI=1S/C49H31N3OS/c1-3-14-44-31(4-2)36-24-23-30-27-40-35-19-10-12-21-41(35)52(42(40)28-39(30)46(36)54-44)48-45-38-20-11-13-22-43(38)53-49(45)51-47(50-48)37-26-25-32(29-15-6-5-7-16-29)33-17-8-9-18-34(33)37/h3-28H,2H2,1H3/b14-3-. The van der Waals surface area contributed by atoms with Gasteiger partial charge in [0.05, 0.1) is 16.4 Å². The number of nitrogens with zero attached hydrogens (tertiary/aromatic N) is 3. The molecule has 254 valence electrons. The zero-order valence-corrected chi connectivity index (χ0v) is 30.2. The third-order valence-corrected chi connectivity index (χ3v) is 12.0. The van der Waals surface area contributed by atoms with Crippen molar-refractivity contribution in [1.29, 1.82) is 0 Å². The maximum Gasteiger partial charge on any atom is 0.233 e. The molecule has 0 atom stereocenters. The van der Waals surface area contributed by atoms with Gasteiger partial charge < -0.3 is 4.42 Å². The molecule has 0 saturated carbocycles. The second kappa shape index (κ2) is 11.9. The van der Waals surface area contributed by atoms with E-state index in [2.05, 4.69) is 158 Å². The van der Waals surface area contributed by atoms with Gasteiger partial charge in [-0.15, -0.1) is 11.3 Å². The Bertz CT molecular complexity index is 3360. The van der Waals surface area contributed by atoms with Crippen LogP contribution in [0.3, 0.4) is 0 Å². The highest BCUT2D eigenvalue weighted by molar-refractivity contribution is 7.21. The van der Waals surface area contributed by atoms with E-state index in [4.69, 9.17) is 14.4 Å². The number of hydrogen-bond donors (Lipinski definition) is 0. The number of allylic oxidation sites excluding steroid dienone is 1. The first kappa shape index (κ1) is 30.8. The van der Waals surface area contributed by atoms with Crippen LogP contribution in [0.5, 0.6) is 0 Å². The lowest BCUT2D eigenvalue weighted by Crippen LogP contribution is -2.02. The van der Waals surface area contributed by atoms with E-state index in [-0.39, 0.29) is 0 Å². The maximum absolute atomic E-state index is 6.58.